The largest absolute Gasteiger partial charge is 0.497 e. The van der Waals surface area contributed by atoms with E-state index < -0.39 is 0 Å². The minimum absolute atomic E-state index is 0.471. The van der Waals surface area contributed by atoms with E-state index in [0.717, 1.165) is 12.3 Å². The lowest BCUT2D eigenvalue weighted by atomic mass is 10.0. The highest BCUT2D eigenvalue weighted by Crippen LogP contribution is 2.29. The van der Waals surface area contributed by atoms with Crippen LogP contribution >= 0.6 is 11.8 Å². The Hall–Kier alpha value is -0.670. The minimum atomic E-state index is 0.471. The van der Waals surface area contributed by atoms with E-state index in [1.165, 1.54) is 17.7 Å². The zero-order chi connectivity index (χ0) is 11.4. The molecule has 1 N–H and O–H groups in total. The fourth-order valence-electron chi connectivity index (χ4n) is 2.06. The molecule has 0 saturated carbocycles. The maximum absolute atomic E-state index is 5.18. The molecule has 2 unspecified atom stereocenters. The van der Waals surface area contributed by atoms with Crippen molar-refractivity contribution in [2.75, 3.05) is 19.4 Å². The molecule has 1 heterocycles. The molecule has 1 fully saturated rings. The average molecular weight is 237 g/mol. The smallest absolute Gasteiger partial charge is 0.118 e. The normalized spacial score (nSPS) is 26.1. The van der Waals surface area contributed by atoms with Gasteiger partial charge < -0.3 is 10.1 Å². The number of methoxy groups -OCH3 is 1. The first kappa shape index (κ1) is 11.8. The highest BCUT2D eigenvalue weighted by Gasteiger charge is 2.21. The molecule has 1 aromatic carbocycles. The van der Waals surface area contributed by atoms with E-state index in [2.05, 4.69) is 36.1 Å². The highest BCUT2D eigenvalue weighted by molar-refractivity contribution is 7.99. The van der Waals surface area contributed by atoms with Crippen LogP contribution in [0.4, 0.5) is 0 Å². The van der Waals surface area contributed by atoms with Crippen LogP contribution in [0.5, 0.6) is 5.75 Å². The van der Waals surface area contributed by atoms with Crippen LogP contribution in [0.3, 0.4) is 0 Å². The second-order valence-corrected chi connectivity index (χ2v) is 5.62. The summed E-state index contributed by atoms with van der Waals surface area (Å²) in [5.41, 5.74) is 1.36. The Kier molecular flexibility index (Phi) is 4.13. The summed E-state index contributed by atoms with van der Waals surface area (Å²) >= 11 is 2.06. The third kappa shape index (κ3) is 2.71. The van der Waals surface area contributed by atoms with Gasteiger partial charge in [0.05, 0.1) is 7.11 Å². The van der Waals surface area contributed by atoms with Gasteiger partial charge in [0.25, 0.3) is 0 Å². The lowest BCUT2D eigenvalue weighted by Crippen LogP contribution is -2.27. The highest BCUT2D eigenvalue weighted by atomic mass is 32.2. The van der Waals surface area contributed by atoms with Gasteiger partial charge in [-0.15, -0.1) is 0 Å². The van der Waals surface area contributed by atoms with Gasteiger partial charge in [0.1, 0.15) is 5.75 Å². The number of hydrogen-bond acceptors (Lipinski definition) is 3. The number of thioether (sulfide) groups is 1. The molecule has 1 aliphatic rings. The molecule has 1 aromatic rings. The average Bonchev–Trinajstić information content (AvgIpc) is 2.54. The fourth-order valence-corrected chi connectivity index (χ4v) is 3.19. The van der Waals surface area contributed by atoms with Crippen LogP contribution < -0.4 is 10.1 Å². The number of benzene rings is 1. The van der Waals surface area contributed by atoms with E-state index in [0.29, 0.717) is 11.3 Å². The Morgan fingerprint density at radius 1 is 1.31 bits per heavy atom. The van der Waals surface area contributed by atoms with Gasteiger partial charge in [-0.1, -0.05) is 19.1 Å². The molecule has 0 amide bonds. The van der Waals surface area contributed by atoms with Crippen LogP contribution in [0.2, 0.25) is 0 Å². The van der Waals surface area contributed by atoms with Crippen molar-refractivity contribution in [1.82, 2.24) is 5.32 Å². The lowest BCUT2D eigenvalue weighted by Gasteiger charge is -2.22. The van der Waals surface area contributed by atoms with E-state index in [4.69, 9.17) is 4.74 Å². The third-order valence-corrected chi connectivity index (χ3v) is 4.33. The monoisotopic (exact) mass is 237 g/mol. The number of nitrogens with one attached hydrogen (secondary N) is 1. The van der Waals surface area contributed by atoms with Crippen LogP contribution in [0, 0.1) is 0 Å². The van der Waals surface area contributed by atoms with Crippen molar-refractivity contribution < 1.29 is 4.74 Å². The SMILES string of the molecule is COc1ccc(C2NCCCSC2C)cc1. The van der Waals surface area contributed by atoms with Crippen molar-refractivity contribution in [3.05, 3.63) is 29.8 Å². The summed E-state index contributed by atoms with van der Waals surface area (Å²) in [4.78, 5) is 0. The zero-order valence-electron chi connectivity index (χ0n) is 9.90. The molecule has 0 radical (unpaired) electrons. The third-order valence-electron chi connectivity index (χ3n) is 3.01. The molecule has 2 rings (SSSR count). The molecular formula is C13H19NOS. The van der Waals surface area contributed by atoms with E-state index in [1.807, 2.05) is 12.1 Å². The van der Waals surface area contributed by atoms with Crippen molar-refractivity contribution in [3.8, 4) is 5.75 Å². The van der Waals surface area contributed by atoms with E-state index in [-0.39, 0.29) is 0 Å². The number of ether oxygens (including phenoxy) is 1. The molecule has 2 nitrogen and oxygen atoms in total. The van der Waals surface area contributed by atoms with Gasteiger partial charge in [0.15, 0.2) is 0 Å². The van der Waals surface area contributed by atoms with Crippen LogP contribution in [-0.4, -0.2) is 24.7 Å². The Balaban J connectivity index is 2.14. The molecule has 0 bridgehead atoms. The van der Waals surface area contributed by atoms with Crippen molar-refractivity contribution >= 4 is 11.8 Å². The summed E-state index contributed by atoms with van der Waals surface area (Å²) in [7, 11) is 1.71. The molecular weight excluding hydrogens is 218 g/mol. The summed E-state index contributed by atoms with van der Waals surface area (Å²) in [5.74, 6) is 2.19. The maximum Gasteiger partial charge on any atom is 0.118 e. The predicted octanol–water partition coefficient (Wildman–Crippen LogP) is 2.85. The van der Waals surface area contributed by atoms with Crippen LogP contribution in [0.15, 0.2) is 24.3 Å². The van der Waals surface area contributed by atoms with Crippen LogP contribution in [0.25, 0.3) is 0 Å². The first-order valence-electron chi connectivity index (χ1n) is 5.80. The fraction of sp³-hybridized carbons (Fsp3) is 0.538. The van der Waals surface area contributed by atoms with Crippen molar-refractivity contribution in [3.63, 3.8) is 0 Å². The lowest BCUT2D eigenvalue weighted by molar-refractivity contribution is 0.414. The molecule has 0 aliphatic carbocycles. The summed E-state index contributed by atoms with van der Waals surface area (Å²) in [6, 6.07) is 8.88. The van der Waals surface area contributed by atoms with Gasteiger partial charge in [-0.3, -0.25) is 0 Å². The van der Waals surface area contributed by atoms with Crippen molar-refractivity contribution in [1.29, 1.82) is 0 Å². The van der Waals surface area contributed by atoms with Gasteiger partial charge >= 0.3 is 0 Å². The Morgan fingerprint density at radius 2 is 2.06 bits per heavy atom. The molecule has 2 atom stereocenters. The number of rotatable bonds is 2. The summed E-state index contributed by atoms with van der Waals surface area (Å²) in [5, 5.41) is 4.26. The minimum Gasteiger partial charge on any atom is -0.497 e. The van der Waals surface area contributed by atoms with Gasteiger partial charge in [0, 0.05) is 11.3 Å². The molecule has 0 aromatic heterocycles. The first-order valence-corrected chi connectivity index (χ1v) is 6.85. The second kappa shape index (κ2) is 5.60. The quantitative estimate of drug-likeness (QED) is 0.854. The van der Waals surface area contributed by atoms with Crippen LogP contribution in [0.1, 0.15) is 24.9 Å². The van der Waals surface area contributed by atoms with Gasteiger partial charge in [-0.25, -0.2) is 0 Å². The molecule has 88 valence electrons. The Labute approximate surface area is 102 Å². The molecule has 0 spiro atoms. The van der Waals surface area contributed by atoms with Gasteiger partial charge in [0.2, 0.25) is 0 Å². The van der Waals surface area contributed by atoms with Crippen molar-refractivity contribution in [2.24, 2.45) is 0 Å². The summed E-state index contributed by atoms with van der Waals surface area (Å²) in [6.07, 6.45) is 1.27. The first-order chi connectivity index (χ1) is 7.81. The van der Waals surface area contributed by atoms with Gasteiger partial charge in [-0.2, -0.15) is 11.8 Å². The standard InChI is InChI=1S/C13H19NOS/c1-10-13(14-8-3-9-16-10)11-4-6-12(15-2)7-5-11/h4-7,10,13-14H,3,8-9H2,1-2H3. The Bertz CT molecular complexity index is 325. The van der Waals surface area contributed by atoms with Crippen molar-refractivity contribution in [2.45, 2.75) is 24.6 Å². The van der Waals surface area contributed by atoms with E-state index in [1.54, 1.807) is 7.11 Å². The predicted molar refractivity (Wildman–Crippen MR) is 70.3 cm³/mol. The molecule has 3 heteroatoms. The molecule has 1 saturated heterocycles. The Morgan fingerprint density at radius 3 is 2.75 bits per heavy atom. The maximum atomic E-state index is 5.18. The number of hydrogen-bond donors (Lipinski definition) is 1. The molecule has 1 aliphatic heterocycles. The molecule has 16 heavy (non-hydrogen) atoms. The summed E-state index contributed by atoms with van der Waals surface area (Å²) < 4.78 is 5.18. The van der Waals surface area contributed by atoms with Crippen LogP contribution in [-0.2, 0) is 0 Å². The van der Waals surface area contributed by atoms with Gasteiger partial charge in [-0.05, 0) is 36.4 Å². The topological polar surface area (TPSA) is 21.3 Å². The van der Waals surface area contributed by atoms with E-state index in [9.17, 15) is 0 Å². The summed E-state index contributed by atoms with van der Waals surface area (Å²) in [6.45, 7) is 3.42. The second-order valence-electron chi connectivity index (χ2n) is 4.13. The van der Waals surface area contributed by atoms with E-state index >= 15 is 0 Å². The zero-order valence-corrected chi connectivity index (χ0v) is 10.7.